The summed E-state index contributed by atoms with van der Waals surface area (Å²) < 4.78 is 5.83. The van der Waals surface area contributed by atoms with Crippen molar-refractivity contribution in [3.8, 4) is 11.5 Å². The van der Waals surface area contributed by atoms with E-state index >= 15 is 0 Å². The van der Waals surface area contributed by atoms with Crippen molar-refractivity contribution in [3.05, 3.63) is 88.4 Å². The number of aryl methyl sites for hydroxylation is 2. The minimum atomic E-state index is -0.363. The Morgan fingerprint density at radius 2 is 1.52 bits per heavy atom. The first kappa shape index (κ1) is 20.4. The Balaban J connectivity index is 1.64. The highest BCUT2D eigenvalue weighted by Crippen LogP contribution is 2.33. The largest absolute Gasteiger partial charge is 0.454 e. The van der Waals surface area contributed by atoms with E-state index in [1.807, 2.05) is 26.0 Å². The third-order valence-electron chi connectivity index (χ3n) is 4.11. The summed E-state index contributed by atoms with van der Waals surface area (Å²) in [5.74, 6) is 0.277. The van der Waals surface area contributed by atoms with Crippen molar-refractivity contribution in [2.75, 3.05) is 11.9 Å². The van der Waals surface area contributed by atoms with Crippen LogP contribution in [0.5, 0.6) is 11.5 Å². The monoisotopic (exact) mass is 408 g/mol. The average Bonchev–Trinajstić information content (AvgIpc) is 2.68. The van der Waals surface area contributed by atoms with Crippen molar-refractivity contribution in [1.82, 2.24) is 5.32 Å². The number of carbonyl (C=O) groups is 2. The first-order chi connectivity index (χ1) is 13.9. The number of para-hydroxylation sites is 3. The number of anilines is 1. The van der Waals surface area contributed by atoms with Gasteiger partial charge in [-0.25, -0.2) is 0 Å². The SMILES string of the molecule is Cc1cc(C)cc(C(=O)NCC(=O)Nc2ccccc2Oc2ccccc2Cl)c1. The van der Waals surface area contributed by atoms with Crippen LogP contribution in [-0.2, 0) is 4.79 Å². The van der Waals surface area contributed by atoms with Gasteiger partial charge in [-0.1, -0.05) is 53.1 Å². The van der Waals surface area contributed by atoms with E-state index in [2.05, 4.69) is 10.6 Å². The van der Waals surface area contributed by atoms with Gasteiger partial charge in [-0.2, -0.15) is 0 Å². The molecule has 0 aromatic heterocycles. The molecular weight excluding hydrogens is 388 g/mol. The molecule has 0 aliphatic carbocycles. The van der Waals surface area contributed by atoms with Crippen molar-refractivity contribution in [3.63, 3.8) is 0 Å². The molecule has 0 bridgehead atoms. The molecule has 2 N–H and O–H groups in total. The fraction of sp³-hybridized carbons (Fsp3) is 0.130. The van der Waals surface area contributed by atoms with Gasteiger partial charge >= 0.3 is 0 Å². The van der Waals surface area contributed by atoms with Gasteiger partial charge in [0.1, 0.15) is 5.75 Å². The maximum Gasteiger partial charge on any atom is 0.251 e. The number of ether oxygens (including phenoxy) is 1. The van der Waals surface area contributed by atoms with Crippen LogP contribution in [0.2, 0.25) is 5.02 Å². The molecule has 3 aromatic carbocycles. The molecular formula is C23H21ClN2O3. The van der Waals surface area contributed by atoms with Crippen molar-refractivity contribution >= 4 is 29.1 Å². The first-order valence-electron chi connectivity index (χ1n) is 9.10. The van der Waals surface area contributed by atoms with Gasteiger partial charge in [0.15, 0.2) is 5.75 Å². The molecule has 6 heteroatoms. The molecule has 0 saturated heterocycles. The zero-order valence-corrected chi connectivity index (χ0v) is 16.9. The second kappa shape index (κ2) is 9.26. The van der Waals surface area contributed by atoms with Crippen molar-refractivity contribution in [2.24, 2.45) is 0 Å². The maximum absolute atomic E-state index is 12.3. The lowest BCUT2D eigenvalue weighted by atomic mass is 10.1. The zero-order valence-electron chi connectivity index (χ0n) is 16.2. The van der Waals surface area contributed by atoms with Gasteiger partial charge in [0.25, 0.3) is 5.91 Å². The Morgan fingerprint density at radius 3 is 2.21 bits per heavy atom. The molecule has 0 aliphatic heterocycles. The number of rotatable bonds is 6. The minimum Gasteiger partial charge on any atom is -0.454 e. The Morgan fingerprint density at radius 1 is 0.897 bits per heavy atom. The second-order valence-corrected chi connectivity index (χ2v) is 7.04. The van der Waals surface area contributed by atoms with Crippen LogP contribution in [0.4, 0.5) is 5.69 Å². The molecule has 3 aromatic rings. The van der Waals surface area contributed by atoms with Gasteiger partial charge in [-0.15, -0.1) is 0 Å². The summed E-state index contributed by atoms with van der Waals surface area (Å²) >= 11 is 6.14. The fourth-order valence-electron chi connectivity index (χ4n) is 2.87. The number of halogens is 1. The molecule has 0 radical (unpaired) electrons. The van der Waals surface area contributed by atoms with Crippen LogP contribution in [0.1, 0.15) is 21.5 Å². The molecule has 0 fully saturated rings. The lowest BCUT2D eigenvalue weighted by Gasteiger charge is -2.13. The van der Waals surface area contributed by atoms with Gasteiger partial charge in [0.05, 0.1) is 17.3 Å². The highest BCUT2D eigenvalue weighted by Gasteiger charge is 2.12. The van der Waals surface area contributed by atoms with Crippen LogP contribution in [0.15, 0.2) is 66.7 Å². The summed E-state index contributed by atoms with van der Waals surface area (Å²) in [6, 6.07) is 19.7. The van der Waals surface area contributed by atoms with Crippen molar-refractivity contribution in [1.29, 1.82) is 0 Å². The summed E-state index contributed by atoms with van der Waals surface area (Å²) in [5.41, 5.74) is 2.99. The predicted octanol–water partition coefficient (Wildman–Crippen LogP) is 5.12. The second-order valence-electron chi connectivity index (χ2n) is 6.64. The molecule has 3 rings (SSSR count). The minimum absolute atomic E-state index is 0.160. The van der Waals surface area contributed by atoms with Crippen LogP contribution in [-0.4, -0.2) is 18.4 Å². The molecule has 0 saturated carbocycles. The summed E-state index contributed by atoms with van der Waals surface area (Å²) in [5, 5.41) is 5.86. The van der Waals surface area contributed by atoms with E-state index in [4.69, 9.17) is 16.3 Å². The van der Waals surface area contributed by atoms with Gasteiger partial charge in [0, 0.05) is 5.56 Å². The van der Waals surface area contributed by atoms with E-state index in [0.717, 1.165) is 11.1 Å². The molecule has 0 atom stereocenters. The van der Waals surface area contributed by atoms with Gasteiger partial charge in [-0.3, -0.25) is 9.59 Å². The standard InChI is InChI=1S/C23H21ClN2O3/c1-15-11-16(2)13-17(12-15)23(28)25-14-22(27)26-19-8-4-6-10-21(19)29-20-9-5-3-7-18(20)24/h3-13H,14H2,1-2H3,(H,25,28)(H,26,27). The van der Waals surface area contributed by atoms with E-state index in [9.17, 15) is 9.59 Å². The lowest BCUT2D eigenvalue weighted by molar-refractivity contribution is -0.115. The Bertz CT molecular complexity index is 1030. The molecule has 5 nitrogen and oxygen atoms in total. The number of benzene rings is 3. The summed E-state index contributed by atoms with van der Waals surface area (Å²) in [4.78, 5) is 24.7. The van der Waals surface area contributed by atoms with Crippen molar-refractivity contribution < 1.29 is 14.3 Å². The van der Waals surface area contributed by atoms with E-state index in [0.29, 0.717) is 27.8 Å². The number of hydrogen-bond acceptors (Lipinski definition) is 3. The van der Waals surface area contributed by atoms with Gasteiger partial charge < -0.3 is 15.4 Å². The lowest BCUT2D eigenvalue weighted by Crippen LogP contribution is -2.33. The summed E-state index contributed by atoms with van der Waals surface area (Å²) in [6.07, 6.45) is 0. The fourth-order valence-corrected chi connectivity index (χ4v) is 3.04. The third kappa shape index (κ3) is 5.59. The van der Waals surface area contributed by atoms with Crippen LogP contribution >= 0.6 is 11.6 Å². The molecule has 0 spiro atoms. The van der Waals surface area contributed by atoms with Crippen LogP contribution in [0.3, 0.4) is 0 Å². The normalized spacial score (nSPS) is 10.3. The smallest absolute Gasteiger partial charge is 0.251 e. The quantitative estimate of drug-likeness (QED) is 0.595. The molecule has 29 heavy (non-hydrogen) atoms. The zero-order chi connectivity index (χ0) is 20.8. The van der Waals surface area contributed by atoms with E-state index < -0.39 is 0 Å². The molecule has 2 amide bonds. The average molecular weight is 409 g/mol. The van der Waals surface area contributed by atoms with Gasteiger partial charge in [0.2, 0.25) is 5.91 Å². The van der Waals surface area contributed by atoms with Gasteiger partial charge in [-0.05, 0) is 50.2 Å². The third-order valence-corrected chi connectivity index (χ3v) is 4.42. The van der Waals surface area contributed by atoms with Crippen LogP contribution < -0.4 is 15.4 Å². The summed E-state index contributed by atoms with van der Waals surface area (Å²) in [7, 11) is 0. The van der Waals surface area contributed by atoms with Crippen LogP contribution in [0, 0.1) is 13.8 Å². The van der Waals surface area contributed by atoms with Crippen LogP contribution in [0.25, 0.3) is 0 Å². The number of carbonyl (C=O) groups excluding carboxylic acids is 2. The van der Waals surface area contributed by atoms with E-state index in [-0.39, 0.29) is 18.4 Å². The number of amides is 2. The number of hydrogen-bond donors (Lipinski definition) is 2. The molecule has 0 unspecified atom stereocenters. The number of nitrogens with one attached hydrogen (secondary N) is 2. The highest BCUT2D eigenvalue weighted by atomic mass is 35.5. The summed E-state index contributed by atoms with van der Waals surface area (Å²) in [6.45, 7) is 3.69. The Labute approximate surface area is 174 Å². The highest BCUT2D eigenvalue weighted by molar-refractivity contribution is 6.32. The topological polar surface area (TPSA) is 67.4 Å². The molecule has 0 heterocycles. The predicted molar refractivity (Wildman–Crippen MR) is 115 cm³/mol. The van der Waals surface area contributed by atoms with E-state index in [1.165, 1.54) is 0 Å². The Hall–Kier alpha value is -3.31. The first-order valence-corrected chi connectivity index (χ1v) is 9.48. The van der Waals surface area contributed by atoms with E-state index in [1.54, 1.807) is 54.6 Å². The molecule has 148 valence electrons. The maximum atomic E-state index is 12.3. The Kier molecular flexibility index (Phi) is 6.52. The van der Waals surface area contributed by atoms with Crippen molar-refractivity contribution in [2.45, 2.75) is 13.8 Å². The molecule has 0 aliphatic rings.